The molecule has 1 amide bonds. The summed E-state index contributed by atoms with van der Waals surface area (Å²) in [5.41, 5.74) is 5.80. The van der Waals surface area contributed by atoms with Crippen molar-refractivity contribution in [2.24, 2.45) is 0 Å². The summed E-state index contributed by atoms with van der Waals surface area (Å²) in [4.78, 5) is 22.5. The molecule has 23 heavy (non-hydrogen) atoms. The van der Waals surface area contributed by atoms with E-state index in [1.54, 1.807) is 0 Å². The lowest BCUT2D eigenvalue weighted by molar-refractivity contribution is -0.128. The number of likely N-dealkylation sites (tertiary alicyclic amines) is 1. The zero-order chi connectivity index (χ0) is 16.1. The molecule has 2 aromatic rings. The van der Waals surface area contributed by atoms with Crippen molar-refractivity contribution >= 4 is 5.91 Å². The summed E-state index contributed by atoms with van der Waals surface area (Å²) in [7, 11) is 0. The Bertz CT molecular complexity index is 773. The van der Waals surface area contributed by atoms with Crippen molar-refractivity contribution in [2.45, 2.75) is 52.0 Å². The SMILES string of the molecule is Cc1ccc(-c2nc(C3CC(=O)N(C4CC4)C3)[nH]c2C)c(C)c1. The zero-order valence-electron chi connectivity index (χ0n) is 14.0. The lowest BCUT2D eigenvalue weighted by Crippen LogP contribution is -2.27. The summed E-state index contributed by atoms with van der Waals surface area (Å²) in [6.07, 6.45) is 2.93. The van der Waals surface area contributed by atoms with E-state index in [1.165, 1.54) is 29.5 Å². The van der Waals surface area contributed by atoms with Crippen LogP contribution in [0.1, 0.15) is 47.8 Å². The van der Waals surface area contributed by atoms with Gasteiger partial charge in [0.15, 0.2) is 0 Å². The van der Waals surface area contributed by atoms with Gasteiger partial charge in [-0.3, -0.25) is 4.79 Å². The average molecular weight is 309 g/mol. The Balaban J connectivity index is 1.63. The smallest absolute Gasteiger partial charge is 0.223 e. The van der Waals surface area contributed by atoms with Gasteiger partial charge in [0.05, 0.1) is 5.69 Å². The standard InChI is InChI=1S/C19H23N3O/c1-11-4-7-16(12(2)8-11)18-13(3)20-19(21-18)14-9-17(23)22(10-14)15-5-6-15/h4,7-8,14-15H,5-6,9-10H2,1-3H3,(H,20,21). The van der Waals surface area contributed by atoms with Crippen molar-refractivity contribution < 1.29 is 4.79 Å². The Kier molecular flexibility index (Phi) is 3.29. The van der Waals surface area contributed by atoms with E-state index in [0.717, 1.165) is 23.8 Å². The number of nitrogens with zero attached hydrogens (tertiary/aromatic N) is 2. The van der Waals surface area contributed by atoms with Crippen LogP contribution in [0.5, 0.6) is 0 Å². The van der Waals surface area contributed by atoms with Gasteiger partial charge in [-0.15, -0.1) is 0 Å². The normalized spacial score (nSPS) is 21.3. The highest BCUT2D eigenvalue weighted by Gasteiger charge is 2.40. The number of carbonyl (C=O) groups excluding carboxylic acids is 1. The van der Waals surface area contributed by atoms with Gasteiger partial charge in [0.25, 0.3) is 0 Å². The molecule has 0 bridgehead atoms. The van der Waals surface area contributed by atoms with E-state index in [9.17, 15) is 4.79 Å². The van der Waals surface area contributed by atoms with Crippen LogP contribution in [0.3, 0.4) is 0 Å². The monoisotopic (exact) mass is 309 g/mol. The molecular formula is C19H23N3O. The maximum Gasteiger partial charge on any atom is 0.223 e. The van der Waals surface area contributed by atoms with Crippen molar-refractivity contribution in [1.29, 1.82) is 0 Å². The van der Waals surface area contributed by atoms with Gasteiger partial charge in [0.1, 0.15) is 5.82 Å². The van der Waals surface area contributed by atoms with Crippen molar-refractivity contribution in [3.05, 3.63) is 40.8 Å². The summed E-state index contributed by atoms with van der Waals surface area (Å²) in [6, 6.07) is 6.97. The second-order valence-electron chi connectivity index (χ2n) is 7.09. The molecule has 0 spiro atoms. The van der Waals surface area contributed by atoms with Gasteiger partial charge in [0.2, 0.25) is 5.91 Å². The molecule has 1 unspecified atom stereocenters. The van der Waals surface area contributed by atoms with Gasteiger partial charge in [-0.05, 0) is 39.2 Å². The first kappa shape index (κ1) is 14.5. The van der Waals surface area contributed by atoms with Crippen molar-refractivity contribution in [2.75, 3.05) is 6.54 Å². The fourth-order valence-corrected chi connectivity index (χ4v) is 3.67. The molecule has 1 aliphatic carbocycles. The summed E-state index contributed by atoms with van der Waals surface area (Å²) >= 11 is 0. The Morgan fingerprint density at radius 3 is 2.70 bits per heavy atom. The number of carbonyl (C=O) groups is 1. The highest BCUT2D eigenvalue weighted by atomic mass is 16.2. The number of aromatic nitrogens is 2. The van der Waals surface area contributed by atoms with Crippen LogP contribution in [0.2, 0.25) is 0 Å². The van der Waals surface area contributed by atoms with Crippen LogP contribution in [0.25, 0.3) is 11.3 Å². The van der Waals surface area contributed by atoms with Crippen LogP contribution in [-0.2, 0) is 4.79 Å². The first-order chi connectivity index (χ1) is 11.0. The molecule has 0 radical (unpaired) electrons. The minimum Gasteiger partial charge on any atom is -0.345 e. The average Bonchev–Trinajstić information content (AvgIpc) is 3.16. The van der Waals surface area contributed by atoms with Crippen LogP contribution < -0.4 is 0 Å². The number of nitrogens with one attached hydrogen (secondary N) is 1. The summed E-state index contributed by atoms with van der Waals surface area (Å²) < 4.78 is 0. The highest BCUT2D eigenvalue weighted by molar-refractivity contribution is 5.80. The molecule has 4 heteroatoms. The van der Waals surface area contributed by atoms with Gasteiger partial charge < -0.3 is 9.88 Å². The second-order valence-corrected chi connectivity index (χ2v) is 7.09. The Morgan fingerprint density at radius 2 is 2.00 bits per heavy atom. The third-order valence-corrected chi connectivity index (χ3v) is 5.07. The number of H-pyrrole nitrogens is 1. The number of aromatic amines is 1. The molecule has 4 rings (SSSR count). The Labute approximate surface area is 136 Å². The van der Waals surface area contributed by atoms with Gasteiger partial charge in [-0.2, -0.15) is 0 Å². The van der Waals surface area contributed by atoms with Crippen LogP contribution in [0.15, 0.2) is 18.2 Å². The molecule has 1 aliphatic heterocycles. The fourth-order valence-electron chi connectivity index (χ4n) is 3.67. The molecule has 1 aromatic heterocycles. The minimum atomic E-state index is 0.210. The Morgan fingerprint density at radius 1 is 1.22 bits per heavy atom. The van der Waals surface area contributed by atoms with Gasteiger partial charge in [-0.1, -0.05) is 23.8 Å². The summed E-state index contributed by atoms with van der Waals surface area (Å²) in [5, 5.41) is 0. The number of benzene rings is 1. The highest BCUT2D eigenvalue weighted by Crippen LogP contribution is 2.37. The molecule has 2 fully saturated rings. The third kappa shape index (κ3) is 2.56. The predicted octanol–water partition coefficient (Wildman–Crippen LogP) is 3.48. The quantitative estimate of drug-likeness (QED) is 0.943. The molecular weight excluding hydrogens is 286 g/mol. The van der Waals surface area contributed by atoms with E-state index in [2.05, 4.69) is 48.9 Å². The van der Waals surface area contributed by atoms with E-state index >= 15 is 0 Å². The van der Waals surface area contributed by atoms with Gasteiger partial charge in [-0.25, -0.2) is 4.98 Å². The van der Waals surface area contributed by atoms with Crippen LogP contribution in [-0.4, -0.2) is 33.4 Å². The van der Waals surface area contributed by atoms with E-state index in [4.69, 9.17) is 4.98 Å². The molecule has 1 saturated carbocycles. The Hall–Kier alpha value is -2.10. The van der Waals surface area contributed by atoms with E-state index < -0.39 is 0 Å². The minimum absolute atomic E-state index is 0.210. The van der Waals surface area contributed by atoms with E-state index in [0.29, 0.717) is 18.4 Å². The van der Waals surface area contributed by atoms with Gasteiger partial charge in [0, 0.05) is 36.2 Å². The number of aryl methyl sites for hydroxylation is 3. The molecule has 2 aliphatic rings. The number of hydrogen-bond acceptors (Lipinski definition) is 2. The predicted molar refractivity (Wildman–Crippen MR) is 90.3 cm³/mol. The van der Waals surface area contributed by atoms with Crippen molar-refractivity contribution in [3.8, 4) is 11.3 Å². The number of rotatable bonds is 3. The largest absolute Gasteiger partial charge is 0.345 e. The lowest BCUT2D eigenvalue weighted by atomic mass is 10.0. The summed E-state index contributed by atoms with van der Waals surface area (Å²) in [6.45, 7) is 7.13. The number of hydrogen-bond donors (Lipinski definition) is 1. The maximum absolute atomic E-state index is 12.2. The molecule has 120 valence electrons. The zero-order valence-corrected chi connectivity index (χ0v) is 14.0. The topological polar surface area (TPSA) is 49.0 Å². The molecule has 1 atom stereocenters. The lowest BCUT2D eigenvalue weighted by Gasteiger charge is -2.14. The van der Waals surface area contributed by atoms with Gasteiger partial charge >= 0.3 is 0 Å². The van der Waals surface area contributed by atoms with Crippen molar-refractivity contribution in [3.63, 3.8) is 0 Å². The molecule has 4 nitrogen and oxygen atoms in total. The van der Waals surface area contributed by atoms with E-state index in [-0.39, 0.29) is 5.92 Å². The van der Waals surface area contributed by atoms with Crippen LogP contribution in [0, 0.1) is 20.8 Å². The first-order valence-electron chi connectivity index (χ1n) is 8.46. The second kappa shape index (κ2) is 5.22. The first-order valence-corrected chi connectivity index (χ1v) is 8.46. The molecule has 1 saturated heterocycles. The molecule has 2 heterocycles. The van der Waals surface area contributed by atoms with Crippen molar-refractivity contribution in [1.82, 2.24) is 14.9 Å². The summed E-state index contributed by atoms with van der Waals surface area (Å²) in [5.74, 6) is 1.47. The third-order valence-electron chi connectivity index (χ3n) is 5.07. The maximum atomic E-state index is 12.2. The number of imidazole rings is 1. The fraction of sp³-hybridized carbons (Fsp3) is 0.474. The van der Waals surface area contributed by atoms with Crippen LogP contribution >= 0.6 is 0 Å². The molecule has 1 aromatic carbocycles. The molecule has 1 N–H and O–H groups in total. The number of amides is 1. The van der Waals surface area contributed by atoms with E-state index in [1.807, 2.05) is 0 Å². The van der Waals surface area contributed by atoms with Crippen LogP contribution in [0.4, 0.5) is 0 Å².